The molecule has 20 heavy (non-hydrogen) atoms. The maximum Gasteiger partial charge on any atom is 0.239 e. The van der Waals surface area contributed by atoms with Crippen LogP contribution >= 0.6 is 11.8 Å². The van der Waals surface area contributed by atoms with Crippen LogP contribution < -0.4 is 0 Å². The summed E-state index contributed by atoms with van der Waals surface area (Å²) >= 11 is 1.65. The molecular weight excluding hydrogens is 266 g/mol. The zero-order chi connectivity index (χ0) is 13.8. The Morgan fingerprint density at radius 3 is 2.05 bits per heavy atom. The Kier molecular flexibility index (Phi) is 3.61. The first-order chi connectivity index (χ1) is 9.85. The summed E-state index contributed by atoms with van der Waals surface area (Å²) in [4.78, 5) is 5.30. The van der Waals surface area contributed by atoms with Crippen LogP contribution in [0.1, 0.15) is 17.5 Å². The molecule has 0 saturated heterocycles. The van der Waals surface area contributed by atoms with E-state index in [-0.39, 0.29) is 0 Å². The second kappa shape index (κ2) is 5.55. The number of rotatable bonds is 4. The van der Waals surface area contributed by atoms with Crippen molar-refractivity contribution in [3.8, 4) is 0 Å². The van der Waals surface area contributed by atoms with E-state index < -0.39 is 4.93 Å². The van der Waals surface area contributed by atoms with Gasteiger partial charge in [0.2, 0.25) is 4.93 Å². The van der Waals surface area contributed by atoms with Gasteiger partial charge in [-0.3, -0.25) is 0 Å². The standard InChI is InChI=1S/C17H15NOS/c1-2-9-16-18-19-17(20-16,14-10-5-3-6-11-14)15-12-7-4-8-13-15/h2-8,10-13H,1,9H2. The van der Waals surface area contributed by atoms with Crippen molar-refractivity contribution in [3.63, 3.8) is 0 Å². The molecule has 2 aromatic carbocycles. The number of nitrogens with zero attached hydrogens (tertiary/aromatic N) is 1. The van der Waals surface area contributed by atoms with Crippen molar-refractivity contribution >= 4 is 16.8 Å². The van der Waals surface area contributed by atoms with Gasteiger partial charge in [-0.1, -0.05) is 71.9 Å². The summed E-state index contributed by atoms with van der Waals surface area (Å²) in [5.74, 6) is 0. The van der Waals surface area contributed by atoms with Crippen LogP contribution in [0.4, 0.5) is 0 Å². The maximum absolute atomic E-state index is 5.88. The Morgan fingerprint density at radius 1 is 1.00 bits per heavy atom. The van der Waals surface area contributed by atoms with Crippen LogP contribution in [0.3, 0.4) is 0 Å². The van der Waals surface area contributed by atoms with E-state index in [4.69, 9.17) is 4.84 Å². The summed E-state index contributed by atoms with van der Waals surface area (Å²) in [7, 11) is 0. The molecule has 3 heteroatoms. The van der Waals surface area contributed by atoms with Gasteiger partial charge in [-0.2, -0.15) is 0 Å². The van der Waals surface area contributed by atoms with Crippen LogP contribution in [0.25, 0.3) is 0 Å². The number of thioether (sulfide) groups is 1. The van der Waals surface area contributed by atoms with Crippen LogP contribution in [-0.4, -0.2) is 5.04 Å². The molecular formula is C17H15NOS. The van der Waals surface area contributed by atoms with Gasteiger partial charge in [0.15, 0.2) is 0 Å². The maximum atomic E-state index is 5.88. The van der Waals surface area contributed by atoms with Crippen LogP contribution in [0.15, 0.2) is 78.5 Å². The largest absolute Gasteiger partial charge is 0.367 e. The highest BCUT2D eigenvalue weighted by Crippen LogP contribution is 2.49. The number of allylic oxidation sites excluding steroid dienone is 1. The van der Waals surface area contributed by atoms with Crippen LogP contribution in [0.5, 0.6) is 0 Å². The van der Waals surface area contributed by atoms with Gasteiger partial charge < -0.3 is 4.84 Å². The lowest BCUT2D eigenvalue weighted by molar-refractivity contribution is 0.0664. The van der Waals surface area contributed by atoms with E-state index in [2.05, 4.69) is 36.0 Å². The second-order valence-corrected chi connectivity index (χ2v) is 5.77. The predicted octanol–water partition coefficient (Wildman–Crippen LogP) is 4.54. The summed E-state index contributed by atoms with van der Waals surface area (Å²) < 4.78 is 0. The molecule has 0 atom stereocenters. The van der Waals surface area contributed by atoms with Crippen molar-refractivity contribution < 1.29 is 4.84 Å². The third-order valence-electron chi connectivity index (χ3n) is 3.16. The number of hydrogen-bond donors (Lipinski definition) is 0. The highest BCUT2D eigenvalue weighted by molar-refractivity contribution is 8.15. The average molecular weight is 281 g/mol. The van der Waals surface area contributed by atoms with Crippen LogP contribution in [-0.2, 0) is 9.77 Å². The summed E-state index contributed by atoms with van der Waals surface area (Å²) in [5.41, 5.74) is 2.19. The quantitative estimate of drug-likeness (QED) is 0.767. The Hall–Kier alpha value is -2.00. The molecule has 0 fully saturated rings. The molecule has 1 aliphatic rings. The molecule has 1 aliphatic heterocycles. The molecule has 3 rings (SSSR count). The number of hydrogen-bond acceptors (Lipinski definition) is 3. The van der Waals surface area contributed by atoms with Crippen molar-refractivity contribution in [2.75, 3.05) is 0 Å². The van der Waals surface area contributed by atoms with E-state index in [0.29, 0.717) is 0 Å². The smallest absolute Gasteiger partial charge is 0.239 e. The first-order valence-electron chi connectivity index (χ1n) is 6.51. The van der Waals surface area contributed by atoms with Crippen molar-refractivity contribution in [2.24, 2.45) is 5.16 Å². The van der Waals surface area contributed by atoms with Gasteiger partial charge >= 0.3 is 0 Å². The lowest BCUT2D eigenvalue weighted by atomic mass is 10.0. The topological polar surface area (TPSA) is 21.6 Å². The molecule has 100 valence electrons. The fraction of sp³-hybridized carbons (Fsp3) is 0.118. The number of benzene rings is 2. The number of oxime groups is 1. The summed E-state index contributed by atoms with van der Waals surface area (Å²) in [6.07, 6.45) is 2.58. The molecule has 1 heterocycles. The van der Waals surface area contributed by atoms with Gasteiger partial charge in [0.05, 0.1) is 0 Å². The second-order valence-electron chi connectivity index (χ2n) is 4.52. The van der Waals surface area contributed by atoms with Crippen molar-refractivity contribution in [1.82, 2.24) is 0 Å². The van der Waals surface area contributed by atoms with Gasteiger partial charge in [-0.25, -0.2) is 0 Å². The third-order valence-corrected chi connectivity index (χ3v) is 4.47. The predicted molar refractivity (Wildman–Crippen MR) is 84.6 cm³/mol. The SMILES string of the molecule is C=CCC1=NOC(c2ccccc2)(c2ccccc2)S1. The van der Waals surface area contributed by atoms with E-state index >= 15 is 0 Å². The Morgan fingerprint density at radius 2 is 1.55 bits per heavy atom. The fourth-order valence-electron chi connectivity index (χ4n) is 2.23. The summed E-state index contributed by atoms with van der Waals surface area (Å²) in [6, 6.07) is 20.4. The van der Waals surface area contributed by atoms with Gasteiger partial charge in [0, 0.05) is 17.5 Å². The molecule has 0 amide bonds. The Balaban J connectivity index is 2.05. The van der Waals surface area contributed by atoms with Gasteiger partial charge in [-0.05, 0) is 11.8 Å². The zero-order valence-corrected chi connectivity index (χ0v) is 11.8. The minimum Gasteiger partial charge on any atom is -0.367 e. The summed E-state index contributed by atoms with van der Waals surface area (Å²) in [6.45, 7) is 3.77. The van der Waals surface area contributed by atoms with E-state index in [1.54, 1.807) is 11.8 Å². The zero-order valence-electron chi connectivity index (χ0n) is 11.0. The fourth-order valence-corrected chi connectivity index (χ4v) is 3.42. The van der Waals surface area contributed by atoms with Crippen LogP contribution in [0.2, 0.25) is 0 Å². The molecule has 0 aromatic heterocycles. The van der Waals surface area contributed by atoms with Gasteiger partial charge in [-0.15, -0.1) is 6.58 Å². The molecule has 0 bridgehead atoms. The molecule has 0 spiro atoms. The van der Waals surface area contributed by atoms with E-state index in [1.807, 2.05) is 42.5 Å². The molecule has 0 aliphatic carbocycles. The molecule has 2 aromatic rings. The van der Waals surface area contributed by atoms with E-state index in [9.17, 15) is 0 Å². The molecule has 0 unspecified atom stereocenters. The monoisotopic (exact) mass is 281 g/mol. The normalized spacial score (nSPS) is 16.3. The third kappa shape index (κ3) is 2.25. The van der Waals surface area contributed by atoms with Crippen molar-refractivity contribution in [2.45, 2.75) is 11.4 Å². The van der Waals surface area contributed by atoms with Crippen molar-refractivity contribution in [3.05, 3.63) is 84.4 Å². The minimum atomic E-state index is -0.582. The first-order valence-corrected chi connectivity index (χ1v) is 7.33. The van der Waals surface area contributed by atoms with E-state index in [0.717, 1.165) is 22.6 Å². The molecule has 0 radical (unpaired) electrons. The highest BCUT2D eigenvalue weighted by atomic mass is 32.2. The van der Waals surface area contributed by atoms with Gasteiger partial charge in [0.25, 0.3) is 0 Å². The molecule has 2 nitrogen and oxygen atoms in total. The Labute approximate surface area is 123 Å². The lowest BCUT2D eigenvalue weighted by Gasteiger charge is -2.26. The highest BCUT2D eigenvalue weighted by Gasteiger charge is 2.43. The van der Waals surface area contributed by atoms with E-state index in [1.165, 1.54) is 0 Å². The van der Waals surface area contributed by atoms with Gasteiger partial charge in [0.1, 0.15) is 5.04 Å². The molecule has 0 N–H and O–H groups in total. The average Bonchev–Trinajstić information content (AvgIpc) is 2.95. The minimum absolute atomic E-state index is 0.582. The summed E-state index contributed by atoms with van der Waals surface area (Å²) in [5, 5.41) is 5.19. The van der Waals surface area contributed by atoms with Crippen molar-refractivity contribution in [1.29, 1.82) is 0 Å². The first kappa shape index (κ1) is 13.0. The lowest BCUT2D eigenvalue weighted by Crippen LogP contribution is -2.23. The van der Waals surface area contributed by atoms with Crippen LogP contribution in [0, 0.1) is 0 Å². The molecule has 0 saturated carbocycles. The Bertz CT molecular complexity index is 582.